The van der Waals surface area contributed by atoms with Gasteiger partial charge in [-0.2, -0.15) is 65.9 Å². The molecular formula is C32H39F15O3. The monoisotopic (exact) mass is 756 g/mol. The normalized spacial score (nSPS) is 17.0. The Morgan fingerprint density at radius 1 is 0.660 bits per heavy atom. The molecule has 50 heavy (non-hydrogen) atoms. The van der Waals surface area contributed by atoms with E-state index in [2.05, 4.69) is 13.0 Å². The Kier molecular flexibility index (Phi) is 15.7. The summed E-state index contributed by atoms with van der Waals surface area (Å²) in [5.74, 6) is -46.0. The number of aliphatic hydroxyl groups is 1. The third kappa shape index (κ3) is 10.5. The van der Waals surface area contributed by atoms with Crippen molar-refractivity contribution in [3.8, 4) is 5.75 Å². The SMILES string of the molecule is C[C@H](CO)C/C=C/[C@@H](C)C/C=C/[C@@H](C)[C@H](C)OCc1ccc(OCCCC(F)(F)C(F)(F)C(F)(F)C(F)(F)C(F)(F)C(F)(F)C(F)(F)F)cc1. The van der Waals surface area contributed by atoms with Crippen LogP contribution in [0.3, 0.4) is 0 Å². The smallest absolute Gasteiger partial charge is 0.460 e. The first-order valence-corrected chi connectivity index (χ1v) is 15.2. The van der Waals surface area contributed by atoms with Crippen LogP contribution in [-0.2, 0) is 11.3 Å². The number of halogens is 15. The van der Waals surface area contributed by atoms with Crippen molar-refractivity contribution in [1.29, 1.82) is 0 Å². The molecule has 0 aliphatic heterocycles. The lowest BCUT2D eigenvalue weighted by Gasteiger charge is -2.41. The molecule has 0 aromatic heterocycles. The molecule has 0 spiro atoms. The van der Waals surface area contributed by atoms with Crippen molar-refractivity contribution < 1.29 is 80.4 Å². The van der Waals surface area contributed by atoms with Crippen LogP contribution < -0.4 is 4.74 Å². The number of alkyl halides is 15. The summed E-state index contributed by atoms with van der Waals surface area (Å²) < 4.78 is 211. The van der Waals surface area contributed by atoms with Crippen LogP contribution in [0.1, 0.15) is 58.9 Å². The van der Waals surface area contributed by atoms with Gasteiger partial charge in [0.05, 0.1) is 19.3 Å². The first-order valence-electron chi connectivity index (χ1n) is 15.2. The van der Waals surface area contributed by atoms with Gasteiger partial charge in [-0.05, 0) is 61.6 Å². The number of allylic oxidation sites excluding steroid dienone is 3. The Labute approximate surface area is 279 Å². The zero-order valence-electron chi connectivity index (χ0n) is 27.3. The summed E-state index contributed by atoms with van der Waals surface area (Å²) in [6, 6.07) is 5.51. The van der Waals surface area contributed by atoms with E-state index in [1.807, 2.05) is 39.0 Å². The molecule has 0 saturated heterocycles. The van der Waals surface area contributed by atoms with Crippen molar-refractivity contribution in [2.45, 2.75) is 108 Å². The maximum absolute atomic E-state index is 14.0. The van der Waals surface area contributed by atoms with Crippen LogP contribution >= 0.6 is 0 Å². The molecule has 1 rings (SSSR count). The predicted molar refractivity (Wildman–Crippen MR) is 153 cm³/mol. The minimum Gasteiger partial charge on any atom is -0.494 e. The number of hydrogen-bond acceptors (Lipinski definition) is 3. The maximum atomic E-state index is 14.0. The van der Waals surface area contributed by atoms with Crippen molar-refractivity contribution in [2.24, 2.45) is 17.8 Å². The molecule has 0 amide bonds. The summed E-state index contributed by atoms with van der Waals surface area (Å²) in [5.41, 5.74) is 0.610. The van der Waals surface area contributed by atoms with E-state index in [4.69, 9.17) is 14.6 Å². The molecule has 0 unspecified atom stereocenters. The van der Waals surface area contributed by atoms with E-state index in [-0.39, 0.29) is 42.8 Å². The topological polar surface area (TPSA) is 38.7 Å². The Hall–Kier alpha value is -2.63. The molecule has 0 fully saturated rings. The Bertz CT molecular complexity index is 1230. The van der Waals surface area contributed by atoms with Gasteiger partial charge < -0.3 is 14.6 Å². The fourth-order valence-corrected chi connectivity index (χ4v) is 4.06. The Morgan fingerprint density at radius 2 is 1.16 bits per heavy atom. The second-order valence-corrected chi connectivity index (χ2v) is 12.1. The lowest BCUT2D eigenvalue weighted by Crippen LogP contribution is -2.72. The van der Waals surface area contributed by atoms with Crippen LogP contribution in [-0.4, -0.2) is 66.1 Å². The molecule has 1 aromatic rings. The lowest BCUT2D eigenvalue weighted by atomic mass is 9.90. The van der Waals surface area contributed by atoms with Crippen molar-refractivity contribution in [3.05, 3.63) is 54.1 Å². The molecule has 0 aliphatic carbocycles. The summed E-state index contributed by atoms with van der Waals surface area (Å²) >= 11 is 0. The summed E-state index contributed by atoms with van der Waals surface area (Å²) in [5, 5.41) is 9.06. The second-order valence-electron chi connectivity index (χ2n) is 12.1. The summed E-state index contributed by atoms with van der Waals surface area (Å²) in [7, 11) is 0. The largest absolute Gasteiger partial charge is 0.494 e. The molecule has 1 aromatic carbocycles. The summed E-state index contributed by atoms with van der Waals surface area (Å²) in [4.78, 5) is 0. The first kappa shape index (κ1) is 45.4. The van der Waals surface area contributed by atoms with Crippen molar-refractivity contribution in [1.82, 2.24) is 0 Å². The fourth-order valence-electron chi connectivity index (χ4n) is 4.06. The molecule has 290 valence electrons. The number of hydrogen-bond donors (Lipinski definition) is 1. The fraction of sp³-hybridized carbons (Fsp3) is 0.688. The van der Waals surface area contributed by atoms with Gasteiger partial charge in [-0.15, -0.1) is 0 Å². The van der Waals surface area contributed by atoms with E-state index in [0.29, 0.717) is 5.56 Å². The number of rotatable bonds is 21. The van der Waals surface area contributed by atoms with Gasteiger partial charge in [-0.3, -0.25) is 0 Å². The van der Waals surface area contributed by atoms with Gasteiger partial charge in [-0.25, -0.2) is 0 Å². The van der Waals surface area contributed by atoms with Gasteiger partial charge in [0.15, 0.2) is 0 Å². The highest BCUT2D eigenvalue weighted by molar-refractivity contribution is 5.27. The van der Waals surface area contributed by atoms with E-state index in [0.717, 1.165) is 12.8 Å². The Balaban J connectivity index is 2.71. The van der Waals surface area contributed by atoms with Gasteiger partial charge in [0, 0.05) is 13.0 Å². The molecule has 3 nitrogen and oxygen atoms in total. The summed E-state index contributed by atoms with van der Waals surface area (Å²) in [6.45, 7) is 7.06. The van der Waals surface area contributed by atoms with Crippen LogP contribution in [0.4, 0.5) is 65.9 Å². The zero-order valence-corrected chi connectivity index (χ0v) is 27.3. The van der Waals surface area contributed by atoms with Gasteiger partial charge in [0.25, 0.3) is 0 Å². The van der Waals surface area contributed by atoms with Crippen LogP contribution in [0.2, 0.25) is 0 Å². The van der Waals surface area contributed by atoms with Gasteiger partial charge in [0.2, 0.25) is 0 Å². The van der Waals surface area contributed by atoms with Crippen LogP contribution in [0.25, 0.3) is 0 Å². The molecule has 0 saturated carbocycles. The van der Waals surface area contributed by atoms with Crippen LogP contribution in [0.15, 0.2) is 48.6 Å². The van der Waals surface area contributed by atoms with E-state index < -0.39 is 61.2 Å². The van der Waals surface area contributed by atoms with Gasteiger partial charge in [-0.1, -0.05) is 57.2 Å². The minimum absolute atomic E-state index is 0.0252. The van der Waals surface area contributed by atoms with Gasteiger partial charge in [0.1, 0.15) is 5.75 Å². The zero-order chi connectivity index (χ0) is 39.0. The second kappa shape index (κ2) is 17.3. The average Bonchev–Trinajstić information content (AvgIpc) is 3.01. The van der Waals surface area contributed by atoms with Gasteiger partial charge >= 0.3 is 41.7 Å². The quantitative estimate of drug-likeness (QED) is 0.0771. The molecule has 18 heteroatoms. The minimum atomic E-state index is -8.29. The van der Waals surface area contributed by atoms with E-state index >= 15 is 0 Å². The maximum Gasteiger partial charge on any atom is 0.460 e. The average molecular weight is 757 g/mol. The van der Waals surface area contributed by atoms with Crippen molar-refractivity contribution in [3.63, 3.8) is 0 Å². The molecule has 0 bridgehead atoms. The van der Waals surface area contributed by atoms with E-state index in [9.17, 15) is 65.9 Å². The number of aliphatic hydroxyl groups excluding tert-OH is 1. The van der Waals surface area contributed by atoms with Crippen molar-refractivity contribution in [2.75, 3.05) is 13.2 Å². The predicted octanol–water partition coefficient (Wildman–Crippen LogP) is 10.9. The highest BCUT2D eigenvalue weighted by atomic mass is 19.4. The van der Waals surface area contributed by atoms with E-state index in [1.165, 1.54) is 24.3 Å². The number of ether oxygens (including phenoxy) is 2. The van der Waals surface area contributed by atoms with Crippen LogP contribution in [0, 0.1) is 17.8 Å². The summed E-state index contributed by atoms with van der Waals surface area (Å²) in [6.07, 6.45) is -1.92. The van der Waals surface area contributed by atoms with Crippen LogP contribution in [0.5, 0.6) is 5.75 Å². The molecule has 0 radical (unpaired) electrons. The Morgan fingerprint density at radius 3 is 1.68 bits per heavy atom. The first-order chi connectivity index (χ1) is 22.6. The molecule has 0 aliphatic rings. The lowest BCUT2D eigenvalue weighted by molar-refractivity contribution is -0.452. The number of benzene rings is 1. The highest BCUT2D eigenvalue weighted by Gasteiger charge is 2.93. The molecule has 0 heterocycles. The third-order valence-corrected chi connectivity index (χ3v) is 7.74. The molecule has 1 N–H and O–H groups in total. The highest BCUT2D eigenvalue weighted by Crippen LogP contribution is 2.62. The third-order valence-electron chi connectivity index (χ3n) is 7.74. The van der Waals surface area contributed by atoms with Crippen molar-refractivity contribution >= 4 is 0 Å². The molecule has 4 atom stereocenters. The standard InChI is InChI=1S/C32H39F15O3/c1-20(8-5-10-21(2)18-48)9-6-11-22(3)23(4)50-19-24-12-14-25(15-13-24)49-17-7-16-26(33,34)27(35,36)28(37,38)29(39,40)30(41,42)31(43,44)32(45,46)47/h5-6,8,11-15,20-23,48H,7,9-10,16-19H2,1-4H3/b8-5+,11-6+/t20-,21+,22-,23+/m1/s1. The molecular weight excluding hydrogens is 717 g/mol. The van der Waals surface area contributed by atoms with E-state index in [1.54, 1.807) is 0 Å².